The molecule has 2 rings (SSSR count). The maximum atomic E-state index is 5.57. The molecule has 2 aromatic rings. The van der Waals surface area contributed by atoms with Gasteiger partial charge in [0.2, 0.25) is 0 Å². The fourth-order valence-corrected chi connectivity index (χ4v) is 1.82. The van der Waals surface area contributed by atoms with Crippen LogP contribution in [0.25, 0.3) is 0 Å². The van der Waals surface area contributed by atoms with Gasteiger partial charge in [-0.15, -0.1) is 0 Å². The Kier molecular flexibility index (Phi) is 3.85. The summed E-state index contributed by atoms with van der Waals surface area (Å²) in [6.07, 6.45) is 7.33. The van der Waals surface area contributed by atoms with Crippen LogP contribution in [-0.4, -0.2) is 20.8 Å². The quantitative estimate of drug-likeness (QED) is 0.578. The predicted octanol–water partition coefficient (Wildman–Crippen LogP) is 0.432. The van der Waals surface area contributed by atoms with E-state index in [0.717, 1.165) is 18.5 Å². The lowest BCUT2D eigenvalue weighted by molar-refractivity contribution is 0.517. The third-order valence-electron chi connectivity index (χ3n) is 2.66. The first kappa shape index (κ1) is 11.8. The van der Waals surface area contributed by atoms with Crippen molar-refractivity contribution in [3.63, 3.8) is 0 Å². The van der Waals surface area contributed by atoms with Crippen LogP contribution < -0.4 is 11.3 Å². The van der Waals surface area contributed by atoms with Crippen LogP contribution in [0.15, 0.2) is 36.8 Å². The van der Waals surface area contributed by atoms with Crippen molar-refractivity contribution in [2.45, 2.75) is 18.9 Å². The molecule has 1 atom stereocenters. The Morgan fingerprint density at radius 3 is 2.88 bits per heavy atom. The number of hydrogen-bond donors (Lipinski definition) is 2. The number of rotatable bonds is 5. The van der Waals surface area contributed by atoms with Crippen LogP contribution in [-0.2, 0) is 19.9 Å². The van der Waals surface area contributed by atoms with Crippen LogP contribution in [0.5, 0.6) is 0 Å². The van der Waals surface area contributed by atoms with E-state index in [9.17, 15) is 0 Å². The zero-order valence-corrected chi connectivity index (χ0v) is 9.87. The molecular formula is C12H17N5. The molecule has 90 valence electrons. The van der Waals surface area contributed by atoms with Gasteiger partial charge in [0, 0.05) is 37.6 Å². The maximum Gasteiger partial charge on any atom is 0.0522 e. The van der Waals surface area contributed by atoms with Crippen molar-refractivity contribution >= 4 is 0 Å². The van der Waals surface area contributed by atoms with Gasteiger partial charge >= 0.3 is 0 Å². The van der Waals surface area contributed by atoms with E-state index in [1.54, 1.807) is 10.9 Å². The lowest BCUT2D eigenvalue weighted by atomic mass is 10.0. The van der Waals surface area contributed by atoms with E-state index >= 15 is 0 Å². The molecule has 17 heavy (non-hydrogen) atoms. The van der Waals surface area contributed by atoms with Gasteiger partial charge in [-0.1, -0.05) is 6.07 Å². The van der Waals surface area contributed by atoms with Gasteiger partial charge in [0.1, 0.15) is 0 Å². The fraction of sp³-hybridized carbons (Fsp3) is 0.333. The van der Waals surface area contributed by atoms with Gasteiger partial charge in [-0.3, -0.25) is 20.9 Å². The van der Waals surface area contributed by atoms with Gasteiger partial charge in [0.15, 0.2) is 0 Å². The fourth-order valence-electron chi connectivity index (χ4n) is 1.82. The summed E-state index contributed by atoms with van der Waals surface area (Å²) in [5.74, 6) is 5.57. The summed E-state index contributed by atoms with van der Waals surface area (Å²) in [4.78, 5) is 4.30. The molecule has 0 radical (unpaired) electrons. The number of aromatic nitrogens is 3. The van der Waals surface area contributed by atoms with Gasteiger partial charge in [-0.2, -0.15) is 5.10 Å². The smallest absolute Gasteiger partial charge is 0.0522 e. The SMILES string of the molecule is Cn1cc(CC(Cc2ccccn2)NN)cn1. The highest BCUT2D eigenvalue weighted by atomic mass is 15.2. The van der Waals surface area contributed by atoms with E-state index in [4.69, 9.17) is 5.84 Å². The molecule has 0 aliphatic rings. The Bertz CT molecular complexity index is 451. The van der Waals surface area contributed by atoms with Gasteiger partial charge in [0.05, 0.1) is 6.20 Å². The highest BCUT2D eigenvalue weighted by molar-refractivity contribution is 5.10. The molecule has 0 amide bonds. The molecule has 0 aromatic carbocycles. The van der Waals surface area contributed by atoms with Gasteiger partial charge in [-0.05, 0) is 24.1 Å². The molecule has 0 bridgehead atoms. The molecule has 2 aromatic heterocycles. The van der Waals surface area contributed by atoms with E-state index in [1.807, 2.05) is 37.6 Å². The molecule has 3 N–H and O–H groups in total. The summed E-state index contributed by atoms with van der Waals surface area (Å²) < 4.78 is 1.80. The van der Waals surface area contributed by atoms with Crippen LogP contribution in [0.4, 0.5) is 0 Å². The number of pyridine rings is 1. The molecule has 1 unspecified atom stereocenters. The Labute approximate surface area is 101 Å². The molecule has 0 saturated heterocycles. The second kappa shape index (κ2) is 5.56. The lowest BCUT2D eigenvalue weighted by Crippen LogP contribution is -2.38. The Morgan fingerprint density at radius 2 is 2.29 bits per heavy atom. The predicted molar refractivity (Wildman–Crippen MR) is 66.0 cm³/mol. The van der Waals surface area contributed by atoms with Crippen LogP contribution in [0.2, 0.25) is 0 Å². The average Bonchev–Trinajstić information content (AvgIpc) is 2.75. The van der Waals surface area contributed by atoms with Crippen LogP contribution in [0.1, 0.15) is 11.3 Å². The molecule has 0 aliphatic carbocycles. The summed E-state index contributed by atoms with van der Waals surface area (Å²) in [7, 11) is 1.91. The number of nitrogens with one attached hydrogen (secondary N) is 1. The summed E-state index contributed by atoms with van der Waals surface area (Å²) >= 11 is 0. The van der Waals surface area contributed by atoms with Crippen molar-refractivity contribution in [1.29, 1.82) is 0 Å². The standard InChI is InChI=1S/C12H17N5/c1-17-9-10(8-15-17)6-12(16-13)7-11-4-2-3-5-14-11/h2-5,8-9,12,16H,6-7,13H2,1H3. The molecule has 0 saturated carbocycles. The van der Waals surface area contributed by atoms with E-state index in [-0.39, 0.29) is 6.04 Å². The number of hydrazine groups is 1. The van der Waals surface area contributed by atoms with Crippen molar-refractivity contribution in [1.82, 2.24) is 20.2 Å². The van der Waals surface area contributed by atoms with Crippen molar-refractivity contribution in [3.8, 4) is 0 Å². The summed E-state index contributed by atoms with van der Waals surface area (Å²) in [5.41, 5.74) is 5.04. The Hall–Kier alpha value is -1.72. The Balaban J connectivity index is 1.98. The number of hydrogen-bond acceptors (Lipinski definition) is 4. The highest BCUT2D eigenvalue weighted by Gasteiger charge is 2.10. The van der Waals surface area contributed by atoms with Gasteiger partial charge in [0.25, 0.3) is 0 Å². The molecule has 2 heterocycles. The average molecular weight is 231 g/mol. The van der Waals surface area contributed by atoms with Gasteiger partial charge in [-0.25, -0.2) is 0 Å². The van der Waals surface area contributed by atoms with E-state index in [2.05, 4.69) is 15.5 Å². The topological polar surface area (TPSA) is 68.8 Å². The number of aryl methyl sites for hydroxylation is 1. The van der Waals surface area contributed by atoms with E-state index in [0.29, 0.717) is 0 Å². The summed E-state index contributed by atoms with van der Waals surface area (Å²) in [6, 6.07) is 6.08. The van der Waals surface area contributed by atoms with Gasteiger partial charge < -0.3 is 0 Å². The first-order valence-corrected chi connectivity index (χ1v) is 5.61. The first-order valence-electron chi connectivity index (χ1n) is 5.61. The highest BCUT2D eigenvalue weighted by Crippen LogP contribution is 2.06. The van der Waals surface area contributed by atoms with E-state index in [1.165, 1.54) is 5.56 Å². The van der Waals surface area contributed by atoms with Crippen LogP contribution in [0.3, 0.4) is 0 Å². The largest absolute Gasteiger partial charge is 0.276 e. The first-order chi connectivity index (χ1) is 8.28. The van der Waals surface area contributed by atoms with Crippen molar-refractivity contribution in [2.24, 2.45) is 12.9 Å². The number of nitrogens with zero attached hydrogens (tertiary/aromatic N) is 3. The second-order valence-electron chi connectivity index (χ2n) is 4.12. The zero-order chi connectivity index (χ0) is 12.1. The minimum Gasteiger partial charge on any atom is -0.276 e. The third kappa shape index (κ3) is 3.37. The summed E-state index contributed by atoms with van der Waals surface area (Å²) in [6.45, 7) is 0. The molecule has 0 fully saturated rings. The van der Waals surface area contributed by atoms with E-state index < -0.39 is 0 Å². The molecule has 5 nitrogen and oxygen atoms in total. The zero-order valence-electron chi connectivity index (χ0n) is 9.87. The third-order valence-corrected chi connectivity index (χ3v) is 2.66. The normalized spacial score (nSPS) is 12.6. The molecule has 0 spiro atoms. The second-order valence-corrected chi connectivity index (χ2v) is 4.12. The summed E-state index contributed by atoms with van der Waals surface area (Å²) in [5, 5.41) is 4.14. The minimum atomic E-state index is 0.175. The Morgan fingerprint density at radius 1 is 1.41 bits per heavy atom. The minimum absolute atomic E-state index is 0.175. The molecule has 0 aliphatic heterocycles. The lowest BCUT2D eigenvalue weighted by Gasteiger charge is -2.14. The maximum absolute atomic E-state index is 5.57. The van der Waals surface area contributed by atoms with Crippen molar-refractivity contribution < 1.29 is 0 Å². The van der Waals surface area contributed by atoms with Crippen LogP contribution >= 0.6 is 0 Å². The van der Waals surface area contributed by atoms with Crippen molar-refractivity contribution in [3.05, 3.63) is 48.0 Å². The molecular weight excluding hydrogens is 214 g/mol. The van der Waals surface area contributed by atoms with Crippen LogP contribution in [0, 0.1) is 0 Å². The molecule has 5 heteroatoms. The van der Waals surface area contributed by atoms with Crippen molar-refractivity contribution in [2.75, 3.05) is 0 Å². The number of nitrogens with two attached hydrogens (primary N) is 1. The monoisotopic (exact) mass is 231 g/mol.